The van der Waals surface area contributed by atoms with Crippen LogP contribution in [0.2, 0.25) is 0 Å². The van der Waals surface area contributed by atoms with Crippen molar-refractivity contribution < 1.29 is 4.74 Å². The number of pyridine rings is 2. The second kappa shape index (κ2) is 15.5. The van der Waals surface area contributed by atoms with Gasteiger partial charge in [-0.05, 0) is 96.1 Å². The molecule has 0 saturated heterocycles. The number of hydrogen-bond donors (Lipinski definition) is 0. The van der Waals surface area contributed by atoms with Gasteiger partial charge in [0.2, 0.25) is 0 Å². The molecular formula is C58H41N3OSi2. The van der Waals surface area contributed by atoms with E-state index in [1.807, 2.05) is 24.5 Å². The first-order valence-corrected chi connectivity index (χ1v) is 25.8. The van der Waals surface area contributed by atoms with Gasteiger partial charge in [-0.3, -0.25) is 9.55 Å². The van der Waals surface area contributed by atoms with Gasteiger partial charge < -0.3 is 4.74 Å². The van der Waals surface area contributed by atoms with Gasteiger partial charge >= 0.3 is 0 Å². The highest BCUT2D eigenvalue weighted by Gasteiger charge is 2.48. The van der Waals surface area contributed by atoms with Crippen molar-refractivity contribution in [3.63, 3.8) is 0 Å². The molecule has 0 spiro atoms. The van der Waals surface area contributed by atoms with E-state index in [1.165, 1.54) is 41.5 Å². The molecule has 0 atom stereocenters. The van der Waals surface area contributed by atoms with Gasteiger partial charge in [0, 0.05) is 34.4 Å². The third-order valence-corrected chi connectivity index (χ3v) is 22.7. The summed E-state index contributed by atoms with van der Waals surface area (Å²) in [6, 6.07) is 86.6. The summed E-state index contributed by atoms with van der Waals surface area (Å²) in [6.45, 7) is 0. The zero-order chi connectivity index (χ0) is 42.5. The minimum Gasteiger partial charge on any atom is -0.458 e. The molecule has 0 bridgehead atoms. The number of rotatable bonds is 8. The SMILES string of the molecule is c1ccc([Si](c2ccccc2)(c2cccc(-c3ccccn3)c2)c2cccc(-n3c4cc5c(cc4c4cccnc43)Oc3ccccc3[Si]5(c3ccccc3)c3ccccc3)c2)cc1. The standard InChI is InChI=1S/C58H41N3OSi2/c1-5-22-44(23-6-1)63(45-24-7-2-8-25-45,48-30-17-20-42(38-48)52-33-15-16-36-59-52)49-31-18-21-43(39-49)61-53-41-57-55(40-51(53)50-32-19-37-60-58(50)61)62-54-34-13-14-35-56(54)64(57,46-26-9-3-10-27-46)47-28-11-4-12-29-47/h1-41H. The molecule has 0 N–H and O–H groups in total. The number of hydrogen-bond acceptors (Lipinski definition) is 3. The van der Waals surface area contributed by atoms with Crippen molar-refractivity contribution in [2.45, 2.75) is 0 Å². The molecule has 12 rings (SSSR count). The Kier molecular flexibility index (Phi) is 9.14. The fourth-order valence-corrected chi connectivity index (χ4v) is 20.3. The fraction of sp³-hybridized carbons (Fsp3) is 0. The van der Waals surface area contributed by atoms with E-state index in [1.54, 1.807) is 0 Å². The van der Waals surface area contributed by atoms with Crippen LogP contribution < -0.4 is 46.2 Å². The van der Waals surface area contributed by atoms with Crippen molar-refractivity contribution in [2.24, 2.45) is 0 Å². The molecule has 0 fully saturated rings. The van der Waals surface area contributed by atoms with E-state index in [0.717, 1.165) is 50.4 Å². The van der Waals surface area contributed by atoms with Gasteiger partial charge in [-0.25, -0.2) is 4.98 Å². The second-order valence-corrected chi connectivity index (χ2v) is 24.0. The molecule has 0 aliphatic carbocycles. The van der Waals surface area contributed by atoms with Crippen LogP contribution in [-0.4, -0.2) is 30.7 Å². The lowest BCUT2D eigenvalue weighted by molar-refractivity contribution is 0.488. The van der Waals surface area contributed by atoms with Gasteiger partial charge in [-0.1, -0.05) is 182 Å². The summed E-state index contributed by atoms with van der Waals surface area (Å²) in [6.07, 6.45) is 3.79. The summed E-state index contributed by atoms with van der Waals surface area (Å²) in [5.74, 6) is 1.81. The Morgan fingerprint density at radius 3 is 1.69 bits per heavy atom. The van der Waals surface area contributed by atoms with Crippen LogP contribution in [0.5, 0.6) is 11.5 Å². The first-order chi connectivity index (χ1) is 31.7. The molecule has 1 aliphatic rings. The van der Waals surface area contributed by atoms with Crippen LogP contribution in [0, 0.1) is 0 Å². The topological polar surface area (TPSA) is 39.9 Å². The zero-order valence-corrected chi connectivity index (χ0v) is 36.9. The second-order valence-electron chi connectivity index (χ2n) is 16.5. The van der Waals surface area contributed by atoms with Crippen molar-refractivity contribution in [1.29, 1.82) is 0 Å². The summed E-state index contributed by atoms with van der Waals surface area (Å²) < 4.78 is 9.40. The molecule has 1 aliphatic heterocycles. The number of fused-ring (bicyclic) bond motifs is 5. The molecule has 0 radical (unpaired) electrons. The van der Waals surface area contributed by atoms with E-state index >= 15 is 0 Å². The molecule has 0 unspecified atom stereocenters. The van der Waals surface area contributed by atoms with Gasteiger partial charge in [-0.2, -0.15) is 0 Å². The highest BCUT2D eigenvalue weighted by molar-refractivity contribution is 7.21. The molecule has 3 aromatic heterocycles. The quantitative estimate of drug-likeness (QED) is 0.115. The lowest BCUT2D eigenvalue weighted by Crippen LogP contribution is -2.76. The average molecular weight is 852 g/mol. The van der Waals surface area contributed by atoms with Crippen molar-refractivity contribution >= 4 is 79.6 Å². The van der Waals surface area contributed by atoms with Crippen LogP contribution >= 0.6 is 0 Å². The Morgan fingerprint density at radius 2 is 1.00 bits per heavy atom. The van der Waals surface area contributed by atoms with E-state index in [9.17, 15) is 0 Å². The molecule has 0 saturated carbocycles. The number of aromatic nitrogens is 3. The first kappa shape index (κ1) is 37.8. The molecule has 6 heteroatoms. The molecule has 11 aromatic rings. The van der Waals surface area contributed by atoms with Crippen molar-refractivity contribution in [2.75, 3.05) is 0 Å². The van der Waals surface area contributed by atoms with E-state index in [0.29, 0.717) is 0 Å². The summed E-state index contributed by atoms with van der Waals surface area (Å²) in [5, 5.41) is 12.5. The van der Waals surface area contributed by atoms with Crippen molar-refractivity contribution in [3.05, 3.63) is 249 Å². The minimum absolute atomic E-state index is 0.898. The number of para-hydroxylation sites is 1. The lowest BCUT2D eigenvalue weighted by Gasteiger charge is -2.39. The van der Waals surface area contributed by atoms with Crippen molar-refractivity contribution in [3.8, 4) is 28.4 Å². The zero-order valence-electron chi connectivity index (χ0n) is 34.9. The predicted molar refractivity (Wildman–Crippen MR) is 269 cm³/mol. The highest BCUT2D eigenvalue weighted by Crippen LogP contribution is 2.37. The normalized spacial score (nSPS) is 12.9. The van der Waals surface area contributed by atoms with Gasteiger partial charge in [-0.15, -0.1) is 0 Å². The number of ether oxygens (including phenoxy) is 1. The van der Waals surface area contributed by atoms with Crippen LogP contribution in [-0.2, 0) is 0 Å². The fourth-order valence-electron chi connectivity index (χ4n) is 10.5. The largest absolute Gasteiger partial charge is 0.458 e. The maximum atomic E-state index is 7.01. The van der Waals surface area contributed by atoms with Gasteiger partial charge in [0.1, 0.15) is 17.1 Å². The average Bonchev–Trinajstić information content (AvgIpc) is 3.70. The van der Waals surface area contributed by atoms with Gasteiger partial charge in [0.25, 0.3) is 0 Å². The maximum absolute atomic E-state index is 7.01. The van der Waals surface area contributed by atoms with Crippen LogP contribution in [0.3, 0.4) is 0 Å². The lowest BCUT2D eigenvalue weighted by atomic mass is 10.1. The first-order valence-electron chi connectivity index (χ1n) is 21.8. The summed E-state index contributed by atoms with van der Waals surface area (Å²) in [5.41, 5.74) is 5.12. The monoisotopic (exact) mass is 851 g/mol. The molecule has 4 nitrogen and oxygen atoms in total. The van der Waals surface area contributed by atoms with Crippen LogP contribution in [0.15, 0.2) is 249 Å². The maximum Gasteiger partial charge on any atom is 0.188 e. The number of nitrogens with zero attached hydrogens (tertiary/aromatic N) is 3. The third kappa shape index (κ3) is 5.80. The molecular weight excluding hydrogens is 811 g/mol. The van der Waals surface area contributed by atoms with Crippen LogP contribution in [0.4, 0.5) is 0 Å². The molecule has 8 aromatic carbocycles. The number of benzene rings is 8. The van der Waals surface area contributed by atoms with E-state index in [-0.39, 0.29) is 0 Å². The Bertz CT molecular complexity index is 3390. The third-order valence-electron chi connectivity index (χ3n) is 13.2. The van der Waals surface area contributed by atoms with Gasteiger partial charge in [0.15, 0.2) is 16.1 Å². The Hall–Kier alpha value is -7.91. The van der Waals surface area contributed by atoms with Crippen LogP contribution in [0.1, 0.15) is 0 Å². The molecule has 0 amide bonds. The predicted octanol–water partition coefficient (Wildman–Crippen LogP) is 8.10. The summed E-state index contributed by atoms with van der Waals surface area (Å²) >= 11 is 0. The smallest absolute Gasteiger partial charge is 0.188 e. The molecule has 4 heterocycles. The molecule has 302 valence electrons. The van der Waals surface area contributed by atoms with E-state index in [4.69, 9.17) is 14.7 Å². The van der Waals surface area contributed by atoms with Gasteiger partial charge in [0.05, 0.1) is 11.2 Å². The van der Waals surface area contributed by atoms with Crippen molar-refractivity contribution in [1.82, 2.24) is 14.5 Å². The van der Waals surface area contributed by atoms with Crippen LogP contribution in [0.25, 0.3) is 38.9 Å². The summed E-state index contributed by atoms with van der Waals surface area (Å²) in [7, 11) is -5.92. The van der Waals surface area contributed by atoms with E-state index < -0.39 is 16.1 Å². The van der Waals surface area contributed by atoms with E-state index in [2.05, 4.69) is 229 Å². The minimum atomic E-state index is -2.99. The Morgan fingerprint density at radius 1 is 0.406 bits per heavy atom. The summed E-state index contributed by atoms with van der Waals surface area (Å²) in [4.78, 5) is 9.95. The Labute approximate surface area is 374 Å². The highest BCUT2D eigenvalue weighted by atomic mass is 28.3. The molecule has 64 heavy (non-hydrogen) atoms. The Balaban J connectivity index is 1.16.